The summed E-state index contributed by atoms with van der Waals surface area (Å²) in [7, 11) is 3.45. The summed E-state index contributed by atoms with van der Waals surface area (Å²) in [6, 6.07) is 7.76. The molecular formula is C22H32ClIN4O3. The van der Waals surface area contributed by atoms with E-state index in [1.54, 1.807) is 14.2 Å². The minimum absolute atomic E-state index is 0. The van der Waals surface area contributed by atoms with E-state index in [9.17, 15) is 0 Å². The van der Waals surface area contributed by atoms with Gasteiger partial charge < -0.3 is 24.6 Å². The lowest BCUT2D eigenvalue weighted by Gasteiger charge is -2.39. The van der Waals surface area contributed by atoms with Gasteiger partial charge in [0.05, 0.1) is 19.3 Å². The Balaban J connectivity index is 0.00000341. The zero-order valence-electron chi connectivity index (χ0n) is 18.5. The Labute approximate surface area is 206 Å². The maximum absolute atomic E-state index is 6.33. The summed E-state index contributed by atoms with van der Waals surface area (Å²) in [6.07, 6.45) is 1.74. The zero-order valence-corrected chi connectivity index (χ0v) is 21.6. The van der Waals surface area contributed by atoms with Crippen molar-refractivity contribution in [2.24, 2.45) is 4.99 Å². The Morgan fingerprint density at radius 2 is 2.00 bits per heavy atom. The molecule has 1 aromatic carbocycles. The molecule has 0 spiro atoms. The third kappa shape index (κ3) is 6.49. The summed E-state index contributed by atoms with van der Waals surface area (Å²) in [6.45, 7) is 6.76. The topological polar surface area (TPSA) is 80.9 Å². The van der Waals surface area contributed by atoms with E-state index in [-0.39, 0.29) is 29.4 Å². The number of benzene rings is 1. The molecule has 1 aliphatic heterocycles. The van der Waals surface area contributed by atoms with Crippen LogP contribution in [-0.2, 0) is 16.7 Å². The summed E-state index contributed by atoms with van der Waals surface area (Å²) in [5.74, 6) is 2.65. The first-order valence-corrected chi connectivity index (χ1v) is 10.7. The molecule has 2 aromatic rings. The molecular weight excluding hydrogens is 531 g/mol. The van der Waals surface area contributed by atoms with Gasteiger partial charge >= 0.3 is 0 Å². The van der Waals surface area contributed by atoms with E-state index in [4.69, 9.17) is 25.6 Å². The normalized spacial score (nSPS) is 16.0. The number of hydrogen-bond donors (Lipinski definition) is 2. The smallest absolute Gasteiger partial charge is 0.191 e. The van der Waals surface area contributed by atoms with Crippen molar-refractivity contribution in [2.45, 2.75) is 44.6 Å². The highest BCUT2D eigenvalue weighted by Crippen LogP contribution is 2.40. The summed E-state index contributed by atoms with van der Waals surface area (Å²) in [5, 5.41) is 11.6. The number of nitrogens with zero attached hydrogens (tertiary/aromatic N) is 2. The van der Waals surface area contributed by atoms with E-state index in [1.165, 1.54) is 0 Å². The van der Waals surface area contributed by atoms with Gasteiger partial charge in [0.1, 0.15) is 5.75 Å². The lowest BCUT2D eigenvalue weighted by atomic mass is 9.73. The van der Waals surface area contributed by atoms with Gasteiger partial charge in [-0.1, -0.05) is 30.6 Å². The third-order valence-corrected chi connectivity index (χ3v) is 5.83. The van der Waals surface area contributed by atoms with Crippen LogP contribution in [0.2, 0.25) is 5.02 Å². The average Bonchev–Trinajstić information content (AvgIpc) is 3.24. The number of halogens is 2. The van der Waals surface area contributed by atoms with E-state index < -0.39 is 0 Å². The lowest BCUT2D eigenvalue weighted by molar-refractivity contribution is 0.0505. The van der Waals surface area contributed by atoms with Crippen molar-refractivity contribution in [3.8, 4) is 5.75 Å². The second kappa shape index (κ2) is 11.9. The second-order valence-corrected chi connectivity index (χ2v) is 8.33. The molecule has 2 N–H and O–H groups in total. The van der Waals surface area contributed by atoms with Crippen molar-refractivity contribution in [3.05, 3.63) is 46.3 Å². The Bertz CT molecular complexity index is 866. The SMILES string of the molecule is CN=C(NCc1cc(C(C)C)no1)NCC1(c2cc(Cl)ccc2OC)CCOCC1.I. The van der Waals surface area contributed by atoms with Crippen LogP contribution in [0.25, 0.3) is 0 Å². The van der Waals surface area contributed by atoms with Gasteiger partial charge in [-0.3, -0.25) is 4.99 Å². The molecule has 9 heteroatoms. The molecule has 7 nitrogen and oxygen atoms in total. The molecule has 0 unspecified atom stereocenters. The number of rotatable bonds is 7. The largest absolute Gasteiger partial charge is 0.496 e. The third-order valence-electron chi connectivity index (χ3n) is 5.60. The van der Waals surface area contributed by atoms with Crippen molar-refractivity contribution >= 4 is 41.5 Å². The van der Waals surface area contributed by atoms with Crippen LogP contribution in [-0.4, -0.2) is 45.0 Å². The molecule has 1 saturated heterocycles. The van der Waals surface area contributed by atoms with Crippen LogP contribution in [0.3, 0.4) is 0 Å². The molecule has 0 atom stereocenters. The molecule has 1 fully saturated rings. The molecule has 0 aliphatic carbocycles. The van der Waals surface area contributed by atoms with Crippen LogP contribution < -0.4 is 15.4 Å². The van der Waals surface area contributed by atoms with E-state index in [0.29, 0.717) is 43.2 Å². The fraction of sp³-hybridized carbons (Fsp3) is 0.545. The zero-order chi connectivity index (χ0) is 21.6. The number of guanidine groups is 1. The van der Waals surface area contributed by atoms with E-state index >= 15 is 0 Å². The van der Waals surface area contributed by atoms with Gasteiger partial charge in [0.25, 0.3) is 0 Å². The van der Waals surface area contributed by atoms with Gasteiger partial charge in [-0.15, -0.1) is 24.0 Å². The van der Waals surface area contributed by atoms with Gasteiger partial charge in [0.2, 0.25) is 0 Å². The fourth-order valence-corrected chi connectivity index (χ4v) is 3.90. The number of aliphatic imine (C=N–C) groups is 1. The molecule has 0 saturated carbocycles. The highest BCUT2D eigenvalue weighted by Gasteiger charge is 2.37. The maximum atomic E-state index is 6.33. The van der Waals surface area contributed by atoms with E-state index in [0.717, 1.165) is 35.6 Å². The van der Waals surface area contributed by atoms with Crippen LogP contribution in [0.4, 0.5) is 0 Å². The highest BCUT2D eigenvalue weighted by molar-refractivity contribution is 14.0. The highest BCUT2D eigenvalue weighted by atomic mass is 127. The van der Waals surface area contributed by atoms with Crippen LogP contribution in [0.5, 0.6) is 5.75 Å². The van der Waals surface area contributed by atoms with Gasteiger partial charge in [0, 0.05) is 48.9 Å². The summed E-state index contributed by atoms with van der Waals surface area (Å²) >= 11 is 6.33. The quantitative estimate of drug-likeness (QED) is 0.294. The maximum Gasteiger partial charge on any atom is 0.191 e. The monoisotopic (exact) mass is 562 g/mol. The lowest BCUT2D eigenvalue weighted by Crippen LogP contribution is -2.48. The molecule has 0 bridgehead atoms. The van der Waals surface area contributed by atoms with Crippen molar-refractivity contribution in [2.75, 3.05) is 33.9 Å². The minimum atomic E-state index is -0.164. The van der Waals surface area contributed by atoms with Crippen LogP contribution in [0, 0.1) is 0 Å². The second-order valence-electron chi connectivity index (χ2n) is 7.89. The molecule has 1 aliphatic rings. The van der Waals surface area contributed by atoms with Gasteiger partial charge in [-0.2, -0.15) is 0 Å². The molecule has 3 rings (SSSR count). The van der Waals surface area contributed by atoms with E-state index in [2.05, 4.69) is 34.6 Å². The summed E-state index contributed by atoms with van der Waals surface area (Å²) in [4.78, 5) is 4.36. The van der Waals surface area contributed by atoms with Crippen molar-refractivity contribution in [1.82, 2.24) is 15.8 Å². The van der Waals surface area contributed by atoms with Gasteiger partial charge in [-0.25, -0.2) is 0 Å². The molecule has 0 radical (unpaired) electrons. The van der Waals surface area contributed by atoms with Gasteiger partial charge in [0.15, 0.2) is 11.7 Å². The van der Waals surface area contributed by atoms with Crippen molar-refractivity contribution in [1.29, 1.82) is 0 Å². The predicted octanol–water partition coefficient (Wildman–Crippen LogP) is 4.49. The van der Waals surface area contributed by atoms with Crippen LogP contribution >= 0.6 is 35.6 Å². The number of aromatic nitrogens is 1. The Morgan fingerprint density at radius 1 is 1.26 bits per heavy atom. The Morgan fingerprint density at radius 3 is 2.61 bits per heavy atom. The van der Waals surface area contributed by atoms with Crippen LogP contribution in [0.15, 0.2) is 33.8 Å². The number of ether oxygens (including phenoxy) is 2. The molecule has 31 heavy (non-hydrogen) atoms. The first-order chi connectivity index (χ1) is 14.5. The number of hydrogen-bond acceptors (Lipinski definition) is 5. The van der Waals surface area contributed by atoms with Gasteiger partial charge in [-0.05, 0) is 37.0 Å². The molecule has 172 valence electrons. The number of methoxy groups -OCH3 is 1. The summed E-state index contributed by atoms with van der Waals surface area (Å²) in [5.41, 5.74) is 1.88. The average molecular weight is 563 g/mol. The first kappa shape index (κ1) is 25.7. The van der Waals surface area contributed by atoms with E-state index in [1.807, 2.05) is 24.3 Å². The summed E-state index contributed by atoms with van der Waals surface area (Å²) < 4.78 is 16.7. The standard InChI is InChI=1S/C22H31ClN4O3.HI/c1-15(2)19-12-17(30-27-19)13-25-21(24-3)26-14-22(7-9-29-10-8-22)18-11-16(23)5-6-20(18)28-4;/h5-6,11-12,15H,7-10,13-14H2,1-4H3,(H2,24,25,26);1H. The Hall–Kier alpha value is -1.52. The predicted molar refractivity (Wildman–Crippen MR) is 134 cm³/mol. The minimum Gasteiger partial charge on any atom is -0.496 e. The number of nitrogens with one attached hydrogen (secondary N) is 2. The molecule has 0 amide bonds. The van der Waals surface area contributed by atoms with Crippen molar-refractivity contribution < 1.29 is 14.0 Å². The van der Waals surface area contributed by atoms with Crippen LogP contribution in [0.1, 0.15) is 49.6 Å². The molecule has 1 aromatic heterocycles. The molecule has 2 heterocycles. The first-order valence-electron chi connectivity index (χ1n) is 10.3. The van der Waals surface area contributed by atoms with Crippen molar-refractivity contribution in [3.63, 3.8) is 0 Å². The fourth-order valence-electron chi connectivity index (χ4n) is 3.73. The Kier molecular flexibility index (Phi) is 9.90.